The minimum atomic E-state index is 0.857. The Kier molecular flexibility index (Phi) is 4.22. The molecule has 4 nitrogen and oxygen atoms in total. The van der Waals surface area contributed by atoms with Crippen LogP contribution in [0.2, 0.25) is 0 Å². The number of nitrogens with one attached hydrogen (secondary N) is 1. The summed E-state index contributed by atoms with van der Waals surface area (Å²) in [5, 5.41) is 3.32. The van der Waals surface area contributed by atoms with Gasteiger partial charge in [0, 0.05) is 38.7 Å². The third-order valence-corrected chi connectivity index (χ3v) is 2.86. The van der Waals surface area contributed by atoms with E-state index in [1.54, 1.807) is 0 Å². The minimum absolute atomic E-state index is 0.857. The highest BCUT2D eigenvalue weighted by Crippen LogP contribution is 2.28. The van der Waals surface area contributed by atoms with E-state index < -0.39 is 0 Å². The molecular weight excluding hydrogens is 202 g/mol. The lowest BCUT2D eigenvalue weighted by Gasteiger charge is -2.07. The molecule has 0 amide bonds. The predicted molar refractivity (Wildman–Crippen MR) is 64.6 cm³/mol. The summed E-state index contributed by atoms with van der Waals surface area (Å²) in [5.74, 6) is 1.83. The van der Waals surface area contributed by atoms with Crippen molar-refractivity contribution in [3.05, 3.63) is 12.4 Å². The van der Waals surface area contributed by atoms with E-state index in [0.29, 0.717) is 0 Å². The van der Waals surface area contributed by atoms with Crippen molar-refractivity contribution in [1.82, 2.24) is 9.55 Å². The van der Waals surface area contributed by atoms with Gasteiger partial charge in [0.15, 0.2) is 0 Å². The Morgan fingerprint density at radius 3 is 3.19 bits per heavy atom. The first-order valence-electron chi connectivity index (χ1n) is 6.23. The van der Waals surface area contributed by atoms with Crippen molar-refractivity contribution >= 4 is 5.95 Å². The Balaban J connectivity index is 1.53. The first-order valence-corrected chi connectivity index (χ1v) is 6.23. The number of hydrogen-bond acceptors (Lipinski definition) is 3. The van der Waals surface area contributed by atoms with Crippen molar-refractivity contribution in [2.45, 2.75) is 32.7 Å². The second kappa shape index (κ2) is 5.89. The second-order valence-corrected chi connectivity index (χ2v) is 4.34. The molecule has 1 aromatic rings. The van der Waals surface area contributed by atoms with Crippen molar-refractivity contribution in [2.24, 2.45) is 5.92 Å². The van der Waals surface area contributed by atoms with E-state index in [4.69, 9.17) is 4.74 Å². The number of aryl methyl sites for hydroxylation is 1. The van der Waals surface area contributed by atoms with E-state index in [-0.39, 0.29) is 0 Å². The molecule has 0 spiro atoms. The van der Waals surface area contributed by atoms with E-state index in [1.807, 2.05) is 12.4 Å². The second-order valence-electron chi connectivity index (χ2n) is 4.34. The summed E-state index contributed by atoms with van der Waals surface area (Å²) in [6.45, 7) is 5.83. The molecule has 4 heteroatoms. The fraction of sp³-hybridized carbons (Fsp3) is 0.750. The number of aromatic nitrogens is 2. The molecule has 0 saturated heterocycles. The molecule has 1 heterocycles. The first kappa shape index (κ1) is 11.5. The quantitative estimate of drug-likeness (QED) is 0.686. The third kappa shape index (κ3) is 3.52. The van der Waals surface area contributed by atoms with Crippen LogP contribution in [0.3, 0.4) is 0 Å². The van der Waals surface area contributed by atoms with E-state index in [1.165, 1.54) is 12.8 Å². The van der Waals surface area contributed by atoms with E-state index in [0.717, 1.165) is 44.6 Å². The van der Waals surface area contributed by atoms with E-state index >= 15 is 0 Å². The van der Waals surface area contributed by atoms with Crippen LogP contribution < -0.4 is 5.32 Å². The van der Waals surface area contributed by atoms with Crippen LogP contribution >= 0.6 is 0 Å². The molecule has 0 bridgehead atoms. The zero-order valence-electron chi connectivity index (χ0n) is 9.98. The first-order chi connectivity index (χ1) is 7.90. The predicted octanol–water partition coefficient (Wildman–Crippen LogP) is 2.13. The van der Waals surface area contributed by atoms with E-state index in [9.17, 15) is 0 Å². The smallest absolute Gasteiger partial charge is 0.202 e. The fourth-order valence-electron chi connectivity index (χ4n) is 1.64. The monoisotopic (exact) mass is 223 g/mol. The third-order valence-electron chi connectivity index (χ3n) is 2.86. The molecule has 1 N–H and O–H groups in total. The van der Waals surface area contributed by atoms with Crippen LogP contribution in [0.5, 0.6) is 0 Å². The molecule has 1 aliphatic carbocycles. The number of anilines is 1. The average Bonchev–Trinajstić information content (AvgIpc) is 3.01. The maximum Gasteiger partial charge on any atom is 0.202 e. The van der Waals surface area contributed by atoms with Crippen LogP contribution in [0.15, 0.2) is 12.4 Å². The molecule has 1 aromatic heterocycles. The van der Waals surface area contributed by atoms with Gasteiger partial charge in [-0.1, -0.05) is 0 Å². The topological polar surface area (TPSA) is 39.1 Å². The molecule has 1 aliphatic rings. The Hall–Kier alpha value is -1.03. The maximum absolute atomic E-state index is 5.57. The molecule has 1 saturated carbocycles. The molecule has 0 radical (unpaired) electrons. The van der Waals surface area contributed by atoms with Crippen molar-refractivity contribution < 1.29 is 4.74 Å². The Morgan fingerprint density at radius 2 is 2.44 bits per heavy atom. The summed E-state index contributed by atoms with van der Waals surface area (Å²) < 4.78 is 7.67. The van der Waals surface area contributed by atoms with Gasteiger partial charge in [-0.3, -0.25) is 0 Å². The van der Waals surface area contributed by atoms with Gasteiger partial charge in [-0.15, -0.1) is 0 Å². The van der Waals surface area contributed by atoms with Gasteiger partial charge in [-0.2, -0.15) is 0 Å². The Morgan fingerprint density at radius 1 is 1.56 bits per heavy atom. The summed E-state index contributed by atoms with van der Waals surface area (Å²) in [6, 6.07) is 0. The zero-order chi connectivity index (χ0) is 11.2. The van der Waals surface area contributed by atoms with Crippen molar-refractivity contribution in [2.75, 3.05) is 25.1 Å². The van der Waals surface area contributed by atoms with Gasteiger partial charge in [0.05, 0.1) is 0 Å². The van der Waals surface area contributed by atoms with Gasteiger partial charge in [0.1, 0.15) is 0 Å². The van der Waals surface area contributed by atoms with Gasteiger partial charge in [0.2, 0.25) is 5.95 Å². The SMILES string of the molecule is CCn1ccnc1NCCCOCC1CC1. The number of imidazole rings is 1. The van der Waals surface area contributed by atoms with Crippen LogP contribution in [-0.2, 0) is 11.3 Å². The Labute approximate surface area is 97.0 Å². The molecule has 16 heavy (non-hydrogen) atoms. The van der Waals surface area contributed by atoms with Crippen LogP contribution in [-0.4, -0.2) is 29.3 Å². The molecule has 0 aromatic carbocycles. The molecular formula is C12H21N3O. The highest BCUT2D eigenvalue weighted by Gasteiger charge is 2.20. The van der Waals surface area contributed by atoms with Gasteiger partial charge in [-0.25, -0.2) is 4.98 Å². The highest BCUT2D eigenvalue weighted by molar-refractivity contribution is 5.25. The summed E-state index contributed by atoms with van der Waals surface area (Å²) in [5.41, 5.74) is 0. The molecule has 0 atom stereocenters. The fourth-order valence-corrected chi connectivity index (χ4v) is 1.64. The number of ether oxygens (including phenoxy) is 1. The van der Waals surface area contributed by atoms with E-state index in [2.05, 4.69) is 21.8 Å². The molecule has 1 fully saturated rings. The summed E-state index contributed by atoms with van der Waals surface area (Å²) >= 11 is 0. The van der Waals surface area contributed by atoms with Crippen LogP contribution in [0.4, 0.5) is 5.95 Å². The lowest BCUT2D eigenvalue weighted by atomic mass is 10.4. The minimum Gasteiger partial charge on any atom is -0.381 e. The van der Waals surface area contributed by atoms with Crippen LogP contribution in [0.25, 0.3) is 0 Å². The van der Waals surface area contributed by atoms with Gasteiger partial charge < -0.3 is 14.6 Å². The van der Waals surface area contributed by atoms with Crippen molar-refractivity contribution in [3.63, 3.8) is 0 Å². The summed E-state index contributed by atoms with van der Waals surface area (Å²) in [7, 11) is 0. The van der Waals surface area contributed by atoms with Gasteiger partial charge in [0.25, 0.3) is 0 Å². The molecule has 0 unspecified atom stereocenters. The summed E-state index contributed by atoms with van der Waals surface area (Å²) in [4.78, 5) is 4.25. The zero-order valence-corrected chi connectivity index (χ0v) is 9.98. The number of hydrogen-bond donors (Lipinski definition) is 1. The summed E-state index contributed by atoms with van der Waals surface area (Å²) in [6.07, 6.45) is 7.60. The van der Waals surface area contributed by atoms with Crippen LogP contribution in [0, 0.1) is 5.92 Å². The number of rotatable bonds is 8. The molecule has 2 rings (SSSR count). The van der Waals surface area contributed by atoms with Gasteiger partial charge in [-0.05, 0) is 32.1 Å². The highest BCUT2D eigenvalue weighted by atomic mass is 16.5. The lowest BCUT2D eigenvalue weighted by molar-refractivity contribution is 0.124. The largest absolute Gasteiger partial charge is 0.381 e. The molecule has 0 aliphatic heterocycles. The average molecular weight is 223 g/mol. The van der Waals surface area contributed by atoms with Crippen LogP contribution in [0.1, 0.15) is 26.2 Å². The van der Waals surface area contributed by atoms with Crippen molar-refractivity contribution in [3.8, 4) is 0 Å². The normalized spacial score (nSPS) is 15.3. The standard InChI is InChI=1S/C12H21N3O/c1-2-15-8-7-14-12(15)13-6-3-9-16-10-11-4-5-11/h7-8,11H,2-6,9-10H2,1H3,(H,13,14). The number of nitrogens with zero attached hydrogens (tertiary/aromatic N) is 2. The van der Waals surface area contributed by atoms with Gasteiger partial charge >= 0.3 is 0 Å². The maximum atomic E-state index is 5.57. The molecule has 90 valence electrons. The lowest BCUT2D eigenvalue weighted by Crippen LogP contribution is -2.10. The van der Waals surface area contributed by atoms with Crippen molar-refractivity contribution in [1.29, 1.82) is 0 Å². The Bertz CT molecular complexity index is 307.